The molecule has 0 unspecified atom stereocenters. The highest BCUT2D eigenvalue weighted by Gasteiger charge is 2.18. The maximum Gasteiger partial charge on any atom is 0.124 e. The van der Waals surface area contributed by atoms with Gasteiger partial charge in [-0.25, -0.2) is 8.42 Å². The summed E-state index contributed by atoms with van der Waals surface area (Å²) in [7, 11) is -4.50. The quantitative estimate of drug-likeness (QED) is 0.698. The fraction of sp³-hybridized carbons (Fsp3) is 0.364. The number of benzene rings is 1. The smallest absolute Gasteiger partial charge is 0.124 e. The van der Waals surface area contributed by atoms with E-state index in [1.54, 1.807) is 0 Å². The van der Waals surface area contributed by atoms with Crippen molar-refractivity contribution in [2.24, 2.45) is 0 Å². The van der Waals surface area contributed by atoms with Gasteiger partial charge in [0.25, 0.3) is 0 Å². The third-order valence-electron chi connectivity index (χ3n) is 2.21. The summed E-state index contributed by atoms with van der Waals surface area (Å²) in [5, 5.41) is 8.93. The number of nitriles is 1. The number of nitrogens with zero attached hydrogens (tertiary/aromatic N) is 1. The van der Waals surface area contributed by atoms with Gasteiger partial charge in [-0.15, -0.1) is 0 Å². The fourth-order valence-corrected chi connectivity index (χ4v) is 1.92. The largest absolute Gasteiger partial charge is 0.744 e. The van der Waals surface area contributed by atoms with Gasteiger partial charge in [0.15, 0.2) is 0 Å². The van der Waals surface area contributed by atoms with E-state index in [0.717, 1.165) is 11.6 Å². The molecule has 4 nitrogen and oxygen atoms in total. The van der Waals surface area contributed by atoms with Gasteiger partial charge in [0.05, 0.1) is 16.5 Å². The molecule has 0 fully saturated rings. The Bertz CT molecular complexity index is 548. The molecule has 0 saturated heterocycles. The van der Waals surface area contributed by atoms with Gasteiger partial charge in [0, 0.05) is 0 Å². The van der Waals surface area contributed by atoms with E-state index in [4.69, 9.17) is 5.26 Å². The highest BCUT2D eigenvalue weighted by molar-refractivity contribution is 7.85. The molecule has 0 aromatic heterocycles. The minimum Gasteiger partial charge on any atom is -0.744 e. The van der Waals surface area contributed by atoms with Gasteiger partial charge in [-0.2, -0.15) is 5.26 Å². The molecule has 0 heterocycles. The molecular formula is C11H12NO3S-. The van der Waals surface area contributed by atoms with Crippen LogP contribution in [-0.4, -0.2) is 13.0 Å². The Labute approximate surface area is 95.3 Å². The van der Waals surface area contributed by atoms with E-state index in [0.29, 0.717) is 0 Å². The van der Waals surface area contributed by atoms with Crippen LogP contribution >= 0.6 is 0 Å². The van der Waals surface area contributed by atoms with Crippen LogP contribution < -0.4 is 0 Å². The predicted molar refractivity (Wildman–Crippen MR) is 57.8 cm³/mol. The first-order valence-corrected chi connectivity index (χ1v) is 6.07. The molecule has 1 aromatic rings. The molecule has 0 N–H and O–H groups in total. The van der Waals surface area contributed by atoms with Crippen LogP contribution in [0, 0.1) is 11.3 Å². The molecule has 0 aliphatic rings. The molecule has 5 heteroatoms. The second-order valence-electron chi connectivity index (χ2n) is 4.52. The van der Waals surface area contributed by atoms with E-state index in [2.05, 4.69) is 0 Å². The molecule has 1 aromatic carbocycles. The summed E-state index contributed by atoms with van der Waals surface area (Å²) in [5.74, 6) is 0. The monoisotopic (exact) mass is 238 g/mol. The molecule has 0 aliphatic heterocycles. The van der Waals surface area contributed by atoms with Crippen LogP contribution in [0.15, 0.2) is 23.1 Å². The van der Waals surface area contributed by atoms with Crippen molar-refractivity contribution in [3.05, 3.63) is 29.3 Å². The molecular weight excluding hydrogens is 226 g/mol. The lowest BCUT2D eigenvalue weighted by atomic mass is 9.84. The zero-order chi connectivity index (χ0) is 12.6. The Morgan fingerprint density at radius 1 is 1.31 bits per heavy atom. The van der Waals surface area contributed by atoms with Crippen molar-refractivity contribution in [2.75, 3.05) is 0 Å². The lowest BCUT2D eigenvalue weighted by molar-refractivity contribution is 0.463. The van der Waals surface area contributed by atoms with E-state index < -0.39 is 10.1 Å². The standard InChI is InChI=1S/C11H13NO3S/c1-11(2,3)10-5-4-9(16(13,14)15)6-8(10)7-12/h4-6H,1-3H3,(H,13,14,15)/p-1. The summed E-state index contributed by atoms with van der Waals surface area (Å²) in [4.78, 5) is -0.364. The number of rotatable bonds is 1. The first-order chi connectivity index (χ1) is 7.16. The zero-order valence-corrected chi connectivity index (χ0v) is 10.1. The Morgan fingerprint density at radius 3 is 2.25 bits per heavy atom. The topological polar surface area (TPSA) is 81.0 Å². The fourth-order valence-electron chi connectivity index (χ4n) is 1.43. The maximum absolute atomic E-state index is 10.8. The lowest BCUT2D eigenvalue weighted by Crippen LogP contribution is -2.14. The van der Waals surface area contributed by atoms with Crippen LogP contribution in [0.5, 0.6) is 0 Å². The van der Waals surface area contributed by atoms with E-state index in [-0.39, 0.29) is 15.9 Å². The Morgan fingerprint density at radius 2 is 1.88 bits per heavy atom. The molecule has 1 rings (SSSR count). The summed E-state index contributed by atoms with van der Waals surface area (Å²) in [5.41, 5.74) is 0.683. The van der Waals surface area contributed by atoms with E-state index in [1.807, 2.05) is 26.8 Å². The minimum absolute atomic E-state index is 0.226. The van der Waals surface area contributed by atoms with Crippen molar-refractivity contribution in [3.8, 4) is 6.07 Å². The van der Waals surface area contributed by atoms with E-state index in [9.17, 15) is 13.0 Å². The minimum atomic E-state index is -4.50. The Hall–Kier alpha value is -1.38. The van der Waals surface area contributed by atoms with E-state index in [1.165, 1.54) is 12.1 Å². The highest BCUT2D eigenvalue weighted by Crippen LogP contribution is 2.27. The molecule has 0 spiro atoms. The van der Waals surface area contributed by atoms with Gasteiger partial charge in [-0.05, 0) is 23.1 Å². The molecule has 0 atom stereocenters. The van der Waals surface area contributed by atoms with E-state index >= 15 is 0 Å². The van der Waals surface area contributed by atoms with Gasteiger partial charge in [0.2, 0.25) is 0 Å². The molecule has 0 bridgehead atoms. The highest BCUT2D eigenvalue weighted by atomic mass is 32.2. The van der Waals surface area contributed by atoms with Gasteiger partial charge < -0.3 is 4.55 Å². The first kappa shape index (κ1) is 12.7. The summed E-state index contributed by atoms with van der Waals surface area (Å²) >= 11 is 0. The number of hydrogen-bond acceptors (Lipinski definition) is 4. The Kier molecular flexibility index (Phi) is 3.08. The predicted octanol–water partition coefficient (Wildman–Crippen LogP) is 1.76. The third-order valence-corrected chi connectivity index (χ3v) is 3.04. The average Bonchev–Trinajstić information content (AvgIpc) is 2.14. The SMILES string of the molecule is CC(C)(C)c1ccc(S(=O)(=O)[O-])cc1C#N. The Balaban J connectivity index is 3.48. The molecule has 86 valence electrons. The van der Waals surface area contributed by atoms with Crippen LogP contribution in [0.25, 0.3) is 0 Å². The summed E-state index contributed by atoms with van der Waals surface area (Å²) in [6.45, 7) is 5.73. The second-order valence-corrected chi connectivity index (χ2v) is 5.90. The van der Waals surface area contributed by atoms with Crippen LogP contribution in [-0.2, 0) is 15.5 Å². The van der Waals surface area contributed by atoms with Crippen LogP contribution in [0.3, 0.4) is 0 Å². The molecule has 0 radical (unpaired) electrons. The number of hydrogen-bond donors (Lipinski definition) is 0. The van der Waals surface area contributed by atoms with Crippen molar-refractivity contribution in [2.45, 2.75) is 31.1 Å². The zero-order valence-electron chi connectivity index (χ0n) is 9.31. The van der Waals surface area contributed by atoms with Gasteiger partial charge in [-0.1, -0.05) is 26.8 Å². The average molecular weight is 238 g/mol. The second kappa shape index (κ2) is 3.89. The van der Waals surface area contributed by atoms with Crippen molar-refractivity contribution in [1.82, 2.24) is 0 Å². The summed E-state index contributed by atoms with van der Waals surface area (Å²) in [6.07, 6.45) is 0. The van der Waals surface area contributed by atoms with Crippen LogP contribution in [0.4, 0.5) is 0 Å². The third kappa shape index (κ3) is 2.60. The molecule has 0 aliphatic carbocycles. The summed E-state index contributed by atoms with van der Waals surface area (Å²) in [6, 6.07) is 5.80. The van der Waals surface area contributed by atoms with Crippen LogP contribution in [0.1, 0.15) is 31.9 Å². The van der Waals surface area contributed by atoms with Crippen molar-refractivity contribution in [1.29, 1.82) is 5.26 Å². The van der Waals surface area contributed by atoms with Gasteiger partial charge >= 0.3 is 0 Å². The molecule has 16 heavy (non-hydrogen) atoms. The first-order valence-electron chi connectivity index (χ1n) is 4.67. The van der Waals surface area contributed by atoms with Crippen molar-refractivity contribution in [3.63, 3.8) is 0 Å². The van der Waals surface area contributed by atoms with Gasteiger partial charge in [-0.3, -0.25) is 0 Å². The van der Waals surface area contributed by atoms with Crippen LogP contribution in [0.2, 0.25) is 0 Å². The van der Waals surface area contributed by atoms with Gasteiger partial charge in [0.1, 0.15) is 10.1 Å². The van der Waals surface area contributed by atoms with Crippen molar-refractivity contribution < 1.29 is 13.0 Å². The lowest BCUT2D eigenvalue weighted by Gasteiger charge is -2.21. The maximum atomic E-state index is 10.8. The molecule has 0 amide bonds. The normalized spacial score (nSPS) is 12.2. The van der Waals surface area contributed by atoms with Crippen molar-refractivity contribution >= 4 is 10.1 Å². The summed E-state index contributed by atoms with van der Waals surface area (Å²) < 4.78 is 32.4. The molecule has 0 saturated carbocycles.